The molecule has 23 heavy (non-hydrogen) atoms. The van der Waals surface area contributed by atoms with Gasteiger partial charge in [0.1, 0.15) is 6.54 Å². The van der Waals surface area contributed by atoms with Crippen LogP contribution in [0, 0.1) is 5.92 Å². The van der Waals surface area contributed by atoms with E-state index in [1.165, 1.54) is 0 Å². The molecule has 0 bridgehead atoms. The second-order valence-electron chi connectivity index (χ2n) is 6.22. The Morgan fingerprint density at radius 2 is 1.83 bits per heavy atom. The van der Waals surface area contributed by atoms with E-state index in [2.05, 4.69) is 5.32 Å². The number of hydrogen-bond acceptors (Lipinski definition) is 3. The van der Waals surface area contributed by atoms with Crippen molar-refractivity contribution in [3.63, 3.8) is 0 Å². The molecule has 2 rings (SSSR count). The minimum absolute atomic E-state index is 0.00876. The average molecular weight is 338 g/mol. The number of amides is 2. The SMILES string of the molecule is CC(C)CN(CC(=O)N1CCNCC1)C(=O)c1ccc(Cl)cc1. The van der Waals surface area contributed by atoms with Gasteiger partial charge in [-0.1, -0.05) is 25.4 Å². The van der Waals surface area contributed by atoms with Crippen molar-refractivity contribution in [2.45, 2.75) is 13.8 Å². The molecule has 0 unspecified atom stereocenters. The summed E-state index contributed by atoms with van der Waals surface area (Å²) in [5.74, 6) is 0.176. The number of nitrogens with one attached hydrogen (secondary N) is 1. The first-order valence-electron chi connectivity index (χ1n) is 8.00. The predicted octanol–water partition coefficient (Wildman–Crippen LogP) is 1.87. The van der Waals surface area contributed by atoms with Crippen LogP contribution in [0.3, 0.4) is 0 Å². The van der Waals surface area contributed by atoms with Crippen LogP contribution >= 0.6 is 11.6 Å². The molecule has 0 spiro atoms. The van der Waals surface area contributed by atoms with Crippen molar-refractivity contribution in [3.8, 4) is 0 Å². The van der Waals surface area contributed by atoms with Crippen molar-refractivity contribution >= 4 is 23.4 Å². The zero-order valence-electron chi connectivity index (χ0n) is 13.7. The zero-order chi connectivity index (χ0) is 16.8. The summed E-state index contributed by atoms with van der Waals surface area (Å²) in [7, 11) is 0. The van der Waals surface area contributed by atoms with Gasteiger partial charge in [-0.05, 0) is 30.2 Å². The summed E-state index contributed by atoms with van der Waals surface area (Å²) in [6.45, 7) is 7.77. The van der Waals surface area contributed by atoms with Crippen molar-refractivity contribution in [1.82, 2.24) is 15.1 Å². The van der Waals surface area contributed by atoms with Crippen LogP contribution in [0.1, 0.15) is 24.2 Å². The van der Waals surface area contributed by atoms with E-state index in [9.17, 15) is 9.59 Å². The zero-order valence-corrected chi connectivity index (χ0v) is 14.5. The van der Waals surface area contributed by atoms with Gasteiger partial charge in [0.05, 0.1) is 0 Å². The third kappa shape index (κ3) is 5.22. The van der Waals surface area contributed by atoms with Crippen molar-refractivity contribution in [2.24, 2.45) is 5.92 Å². The monoisotopic (exact) mass is 337 g/mol. The van der Waals surface area contributed by atoms with Gasteiger partial charge < -0.3 is 15.1 Å². The largest absolute Gasteiger partial charge is 0.339 e. The lowest BCUT2D eigenvalue weighted by atomic mass is 10.1. The fraction of sp³-hybridized carbons (Fsp3) is 0.529. The first-order chi connectivity index (χ1) is 11.0. The molecule has 1 aromatic rings. The molecule has 1 aliphatic rings. The van der Waals surface area contributed by atoms with E-state index in [4.69, 9.17) is 11.6 Å². The van der Waals surface area contributed by atoms with Crippen LogP contribution < -0.4 is 5.32 Å². The molecule has 2 amide bonds. The molecule has 0 aliphatic carbocycles. The normalized spacial score (nSPS) is 14.9. The Labute approximate surface area is 142 Å². The molecule has 0 saturated carbocycles. The van der Waals surface area contributed by atoms with Gasteiger partial charge in [0.2, 0.25) is 5.91 Å². The van der Waals surface area contributed by atoms with Gasteiger partial charge in [-0.2, -0.15) is 0 Å². The summed E-state index contributed by atoms with van der Waals surface area (Å²) in [5, 5.41) is 3.81. The molecule has 1 N–H and O–H groups in total. The molecular formula is C17H24ClN3O2. The number of benzene rings is 1. The third-order valence-corrected chi connectivity index (χ3v) is 4.01. The van der Waals surface area contributed by atoms with E-state index in [1.807, 2.05) is 18.7 Å². The molecule has 0 atom stereocenters. The second kappa shape index (κ2) is 8.31. The maximum Gasteiger partial charge on any atom is 0.254 e. The highest BCUT2D eigenvalue weighted by Crippen LogP contribution is 2.13. The summed E-state index contributed by atoms with van der Waals surface area (Å²) in [6.07, 6.45) is 0. The average Bonchev–Trinajstić information content (AvgIpc) is 2.54. The lowest BCUT2D eigenvalue weighted by molar-refractivity contribution is -0.132. The minimum atomic E-state index is -0.126. The maximum absolute atomic E-state index is 12.7. The van der Waals surface area contributed by atoms with Crippen molar-refractivity contribution < 1.29 is 9.59 Å². The van der Waals surface area contributed by atoms with E-state index in [1.54, 1.807) is 29.2 Å². The molecule has 0 aromatic heterocycles. The van der Waals surface area contributed by atoms with E-state index in [-0.39, 0.29) is 18.4 Å². The molecule has 6 heteroatoms. The Morgan fingerprint density at radius 3 is 2.39 bits per heavy atom. The summed E-state index contributed by atoms with van der Waals surface area (Å²) in [4.78, 5) is 28.6. The molecule has 0 radical (unpaired) electrons. The lowest BCUT2D eigenvalue weighted by Crippen LogP contribution is -2.50. The van der Waals surface area contributed by atoms with E-state index in [0.717, 1.165) is 13.1 Å². The Hall–Kier alpha value is -1.59. The number of halogens is 1. The number of nitrogens with zero attached hydrogens (tertiary/aromatic N) is 2. The summed E-state index contributed by atoms with van der Waals surface area (Å²) >= 11 is 5.87. The van der Waals surface area contributed by atoms with Gasteiger partial charge in [-0.15, -0.1) is 0 Å². The molecular weight excluding hydrogens is 314 g/mol. The predicted molar refractivity (Wildman–Crippen MR) is 91.6 cm³/mol. The fourth-order valence-electron chi connectivity index (χ4n) is 2.61. The number of rotatable bonds is 5. The van der Waals surface area contributed by atoms with E-state index < -0.39 is 0 Å². The first-order valence-corrected chi connectivity index (χ1v) is 8.38. The van der Waals surface area contributed by atoms with Crippen LogP contribution in [0.2, 0.25) is 5.02 Å². The Kier molecular flexibility index (Phi) is 6.42. The highest BCUT2D eigenvalue weighted by atomic mass is 35.5. The van der Waals surface area contributed by atoms with Crippen LogP contribution in [0.4, 0.5) is 0 Å². The second-order valence-corrected chi connectivity index (χ2v) is 6.65. The molecule has 1 saturated heterocycles. The molecule has 1 fully saturated rings. The molecule has 1 aliphatic heterocycles. The number of hydrogen-bond donors (Lipinski definition) is 1. The molecule has 1 heterocycles. The standard InChI is InChI=1S/C17H24ClN3O2/c1-13(2)11-21(12-16(22)20-9-7-19-8-10-20)17(23)14-3-5-15(18)6-4-14/h3-6,13,19H,7-12H2,1-2H3. The van der Waals surface area contributed by atoms with Crippen LogP contribution in [0.25, 0.3) is 0 Å². The molecule has 126 valence electrons. The van der Waals surface area contributed by atoms with Gasteiger partial charge in [-0.3, -0.25) is 9.59 Å². The van der Waals surface area contributed by atoms with Gasteiger partial charge >= 0.3 is 0 Å². The molecule has 1 aromatic carbocycles. The quantitative estimate of drug-likeness (QED) is 0.892. The fourth-order valence-corrected chi connectivity index (χ4v) is 2.74. The first kappa shape index (κ1) is 17.8. The van der Waals surface area contributed by atoms with Gasteiger partial charge in [0.15, 0.2) is 0 Å². The summed E-state index contributed by atoms with van der Waals surface area (Å²) in [5.41, 5.74) is 0.558. The van der Waals surface area contributed by atoms with Crippen molar-refractivity contribution in [3.05, 3.63) is 34.9 Å². The topological polar surface area (TPSA) is 52.7 Å². The lowest BCUT2D eigenvalue weighted by Gasteiger charge is -2.31. The Morgan fingerprint density at radius 1 is 1.22 bits per heavy atom. The molecule has 5 nitrogen and oxygen atoms in total. The number of carbonyl (C=O) groups excluding carboxylic acids is 2. The third-order valence-electron chi connectivity index (χ3n) is 3.76. The summed E-state index contributed by atoms with van der Waals surface area (Å²) in [6, 6.07) is 6.79. The highest BCUT2D eigenvalue weighted by Gasteiger charge is 2.23. The van der Waals surface area contributed by atoms with Crippen molar-refractivity contribution in [1.29, 1.82) is 0 Å². The van der Waals surface area contributed by atoms with Gasteiger partial charge in [0, 0.05) is 43.3 Å². The van der Waals surface area contributed by atoms with E-state index in [0.29, 0.717) is 36.1 Å². The van der Waals surface area contributed by atoms with Crippen LogP contribution in [0.5, 0.6) is 0 Å². The van der Waals surface area contributed by atoms with Crippen molar-refractivity contribution in [2.75, 3.05) is 39.3 Å². The Bertz CT molecular complexity index is 539. The van der Waals surface area contributed by atoms with Gasteiger partial charge in [0.25, 0.3) is 5.91 Å². The van der Waals surface area contributed by atoms with Gasteiger partial charge in [-0.25, -0.2) is 0 Å². The maximum atomic E-state index is 12.7. The Balaban J connectivity index is 2.07. The van der Waals surface area contributed by atoms with Crippen LogP contribution in [-0.2, 0) is 4.79 Å². The highest BCUT2D eigenvalue weighted by molar-refractivity contribution is 6.30. The van der Waals surface area contributed by atoms with Crippen LogP contribution in [-0.4, -0.2) is 60.9 Å². The number of carbonyl (C=O) groups is 2. The minimum Gasteiger partial charge on any atom is -0.339 e. The smallest absolute Gasteiger partial charge is 0.254 e. The van der Waals surface area contributed by atoms with Crippen LogP contribution in [0.15, 0.2) is 24.3 Å². The summed E-state index contributed by atoms with van der Waals surface area (Å²) < 4.78 is 0. The number of piperazine rings is 1. The van der Waals surface area contributed by atoms with E-state index >= 15 is 0 Å².